The fourth-order valence-electron chi connectivity index (χ4n) is 2.06. The van der Waals surface area contributed by atoms with Gasteiger partial charge in [0.2, 0.25) is 5.91 Å². The van der Waals surface area contributed by atoms with E-state index in [2.05, 4.69) is 15.6 Å². The number of methoxy groups -OCH3 is 1. The largest absolute Gasteiger partial charge is 0.495 e. The van der Waals surface area contributed by atoms with Crippen molar-refractivity contribution in [2.75, 3.05) is 19.0 Å². The Balaban J connectivity index is 1.80. The van der Waals surface area contributed by atoms with Crippen molar-refractivity contribution >= 4 is 23.2 Å². The second-order valence-corrected chi connectivity index (χ2v) is 5.48. The number of nitrogens with zero attached hydrogens (tertiary/aromatic N) is 1. The van der Waals surface area contributed by atoms with Crippen LogP contribution in [0.15, 0.2) is 36.5 Å². The summed E-state index contributed by atoms with van der Waals surface area (Å²) in [5.74, 6) is 0.627. The molecule has 2 aromatic rings. The fraction of sp³-hybridized carbons (Fsp3) is 0.294. The molecule has 122 valence electrons. The molecule has 0 spiro atoms. The highest BCUT2D eigenvalue weighted by atomic mass is 35.5. The van der Waals surface area contributed by atoms with Crippen LogP contribution in [0.2, 0.25) is 5.02 Å². The summed E-state index contributed by atoms with van der Waals surface area (Å²) in [4.78, 5) is 16.0. The Labute approximate surface area is 141 Å². The molecule has 23 heavy (non-hydrogen) atoms. The van der Waals surface area contributed by atoms with Gasteiger partial charge in [-0.2, -0.15) is 0 Å². The monoisotopic (exact) mass is 333 g/mol. The fourth-order valence-corrected chi connectivity index (χ4v) is 2.21. The van der Waals surface area contributed by atoms with Gasteiger partial charge in [-0.1, -0.05) is 17.7 Å². The van der Waals surface area contributed by atoms with Crippen molar-refractivity contribution in [3.8, 4) is 5.75 Å². The number of ether oxygens (including phenoxy) is 1. The lowest BCUT2D eigenvalue weighted by Gasteiger charge is -2.13. The maximum absolute atomic E-state index is 11.9. The van der Waals surface area contributed by atoms with Gasteiger partial charge in [-0.15, -0.1) is 0 Å². The number of anilines is 1. The SMILES string of the molecule is COc1cc(Cl)c(C)cc1NCCC(=O)NCc1ccccn1. The van der Waals surface area contributed by atoms with Gasteiger partial charge in [-0.25, -0.2) is 0 Å². The summed E-state index contributed by atoms with van der Waals surface area (Å²) < 4.78 is 5.29. The number of pyridine rings is 1. The zero-order chi connectivity index (χ0) is 16.7. The van der Waals surface area contributed by atoms with Gasteiger partial charge in [0.05, 0.1) is 25.0 Å². The number of benzene rings is 1. The number of carbonyl (C=O) groups is 1. The lowest BCUT2D eigenvalue weighted by Crippen LogP contribution is -2.25. The molecule has 0 atom stereocenters. The van der Waals surface area contributed by atoms with Crippen molar-refractivity contribution in [3.05, 3.63) is 52.8 Å². The minimum atomic E-state index is -0.0344. The molecule has 1 aromatic carbocycles. The van der Waals surface area contributed by atoms with E-state index in [0.29, 0.717) is 30.3 Å². The molecular formula is C17H20ClN3O2. The van der Waals surface area contributed by atoms with Crippen LogP contribution in [0, 0.1) is 6.92 Å². The maximum Gasteiger partial charge on any atom is 0.222 e. The molecule has 6 heteroatoms. The average molecular weight is 334 g/mol. The van der Waals surface area contributed by atoms with Gasteiger partial charge < -0.3 is 15.4 Å². The molecule has 0 bridgehead atoms. The van der Waals surface area contributed by atoms with Crippen LogP contribution in [-0.2, 0) is 11.3 Å². The Morgan fingerprint density at radius 3 is 2.87 bits per heavy atom. The maximum atomic E-state index is 11.9. The molecule has 5 nitrogen and oxygen atoms in total. The summed E-state index contributed by atoms with van der Waals surface area (Å²) in [6.45, 7) is 2.86. The Kier molecular flexibility index (Phi) is 6.23. The number of hydrogen-bond acceptors (Lipinski definition) is 4. The number of carbonyl (C=O) groups excluding carboxylic acids is 1. The van der Waals surface area contributed by atoms with E-state index < -0.39 is 0 Å². The quantitative estimate of drug-likeness (QED) is 0.817. The van der Waals surface area contributed by atoms with E-state index in [1.54, 1.807) is 19.4 Å². The summed E-state index contributed by atoms with van der Waals surface area (Å²) >= 11 is 6.07. The number of nitrogens with one attached hydrogen (secondary N) is 2. The molecule has 2 rings (SSSR count). The summed E-state index contributed by atoms with van der Waals surface area (Å²) in [5, 5.41) is 6.69. The van der Waals surface area contributed by atoms with Gasteiger partial charge in [0, 0.05) is 30.3 Å². The van der Waals surface area contributed by atoms with E-state index in [-0.39, 0.29) is 5.91 Å². The molecule has 0 radical (unpaired) electrons. The number of hydrogen-bond donors (Lipinski definition) is 2. The summed E-state index contributed by atoms with van der Waals surface area (Å²) in [6.07, 6.45) is 2.07. The van der Waals surface area contributed by atoms with Crippen molar-refractivity contribution in [3.63, 3.8) is 0 Å². The van der Waals surface area contributed by atoms with Crippen molar-refractivity contribution < 1.29 is 9.53 Å². The van der Waals surface area contributed by atoms with E-state index >= 15 is 0 Å². The molecule has 1 amide bonds. The van der Waals surface area contributed by atoms with Gasteiger partial charge in [-0.3, -0.25) is 9.78 Å². The lowest BCUT2D eigenvalue weighted by atomic mass is 10.2. The second kappa shape index (κ2) is 8.39. The van der Waals surface area contributed by atoms with E-state index in [1.165, 1.54) is 0 Å². The minimum Gasteiger partial charge on any atom is -0.495 e. The van der Waals surface area contributed by atoms with Crippen LogP contribution in [0.1, 0.15) is 17.7 Å². The van der Waals surface area contributed by atoms with Crippen LogP contribution in [0.4, 0.5) is 5.69 Å². The highest BCUT2D eigenvalue weighted by molar-refractivity contribution is 6.31. The zero-order valence-corrected chi connectivity index (χ0v) is 14.0. The van der Waals surface area contributed by atoms with Crippen LogP contribution in [0.3, 0.4) is 0 Å². The molecule has 0 aliphatic heterocycles. The molecule has 0 unspecified atom stereocenters. The van der Waals surface area contributed by atoms with Crippen molar-refractivity contribution in [1.29, 1.82) is 0 Å². The molecule has 0 aliphatic carbocycles. The first-order chi connectivity index (χ1) is 11.1. The Bertz CT molecular complexity index is 662. The third kappa shape index (κ3) is 5.14. The number of aryl methyl sites for hydroxylation is 1. The molecule has 1 heterocycles. The Morgan fingerprint density at radius 1 is 1.35 bits per heavy atom. The van der Waals surface area contributed by atoms with Gasteiger partial charge >= 0.3 is 0 Å². The standard InChI is InChI=1S/C17H20ClN3O2/c1-12-9-15(16(23-2)10-14(12)18)20-8-6-17(22)21-11-13-5-3-4-7-19-13/h3-5,7,9-10,20H,6,8,11H2,1-2H3,(H,21,22). The van der Waals surface area contributed by atoms with Gasteiger partial charge in [0.25, 0.3) is 0 Å². The van der Waals surface area contributed by atoms with Crippen LogP contribution in [0.5, 0.6) is 5.75 Å². The third-order valence-corrected chi connectivity index (χ3v) is 3.75. The first kappa shape index (κ1) is 17.1. The predicted molar refractivity (Wildman–Crippen MR) is 91.9 cm³/mol. The third-order valence-electron chi connectivity index (χ3n) is 3.34. The minimum absolute atomic E-state index is 0.0344. The molecule has 0 saturated heterocycles. The molecule has 0 saturated carbocycles. The summed E-state index contributed by atoms with van der Waals surface area (Å²) in [7, 11) is 1.59. The number of aromatic nitrogens is 1. The second-order valence-electron chi connectivity index (χ2n) is 5.08. The highest BCUT2D eigenvalue weighted by Crippen LogP contribution is 2.30. The average Bonchev–Trinajstić information content (AvgIpc) is 2.57. The summed E-state index contributed by atoms with van der Waals surface area (Å²) in [6, 6.07) is 9.29. The van der Waals surface area contributed by atoms with Crippen LogP contribution < -0.4 is 15.4 Å². The van der Waals surface area contributed by atoms with Gasteiger partial charge in [-0.05, 0) is 30.7 Å². The number of halogens is 1. The van der Waals surface area contributed by atoms with Gasteiger partial charge in [0.1, 0.15) is 5.75 Å². The van der Waals surface area contributed by atoms with E-state index in [0.717, 1.165) is 16.9 Å². The first-order valence-corrected chi connectivity index (χ1v) is 7.72. The topological polar surface area (TPSA) is 63.2 Å². The predicted octanol–water partition coefficient (Wildman–Crippen LogP) is 3.17. The Morgan fingerprint density at radius 2 is 2.17 bits per heavy atom. The summed E-state index contributed by atoms with van der Waals surface area (Å²) in [5.41, 5.74) is 2.62. The molecule has 0 aliphatic rings. The van der Waals surface area contributed by atoms with Crippen molar-refractivity contribution in [2.24, 2.45) is 0 Å². The Hall–Kier alpha value is -2.27. The smallest absolute Gasteiger partial charge is 0.222 e. The van der Waals surface area contributed by atoms with Crippen LogP contribution >= 0.6 is 11.6 Å². The lowest BCUT2D eigenvalue weighted by molar-refractivity contribution is -0.121. The molecule has 1 aromatic heterocycles. The molecular weight excluding hydrogens is 314 g/mol. The first-order valence-electron chi connectivity index (χ1n) is 7.34. The van der Waals surface area contributed by atoms with Crippen LogP contribution in [-0.4, -0.2) is 24.5 Å². The van der Waals surface area contributed by atoms with E-state index in [9.17, 15) is 4.79 Å². The van der Waals surface area contributed by atoms with Gasteiger partial charge in [0.15, 0.2) is 0 Å². The van der Waals surface area contributed by atoms with Crippen molar-refractivity contribution in [1.82, 2.24) is 10.3 Å². The zero-order valence-electron chi connectivity index (χ0n) is 13.2. The number of rotatable bonds is 7. The normalized spacial score (nSPS) is 10.2. The van der Waals surface area contributed by atoms with E-state index in [1.807, 2.05) is 31.2 Å². The number of amides is 1. The van der Waals surface area contributed by atoms with Crippen molar-refractivity contribution in [2.45, 2.75) is 19.9 Å². The van der Waals surface area contributed by atoms with E-state index in [4.69, 9.17) is 16.3 Å². The highest BCUT2D eigenvalue weighted by Gasteiger charge is 2.08. The molecule has 2 N–H and O–H groups in total. The van der Waals surface area contributed by atoms with Crippen LogP contribution in [0.25, 0.3) is 0 Å². The molecule has 0 fully saturated rings.